The predicted octanol–water partition coefficient (Wildman–Crippen LogP) is 2.65. The Morgan fingerprint density at radius 3 is 2.70 bits per heavy atom. The summed E-state index contributed by atoms with van der Waals surface area (Å²) in [5.74, 6) is 3.61. The zero-order valence-corrected chi connectivity index (χ0v) is 13.3. The molecule has 0 unspecified atom stereocenters. The van der Waals surface area contributed by atoms with Gasteiger partial charge in [0, 0.05) is 26.1 Å². The second-order valence-electron chi connectivity index (χ2n) is 6.77. The first-order chi connectivity index (χ1) is 9.80. The number of nitrogens with zero attached hydrogens (tertiary/aromatic N) is 1. The van der Waals surface area contributed by atoms with Crippen LogP contribution in [0.1, 0.15) is 51.4 Å². The van der Waals surface area contributed by atoms with Crippen LogP contribution in [0.4, 0.5) is 0 Å². The zero-order chi connectivity index (χ0) is 13.8. The van der Waals surface area contributed by atoms with Gasteiger partial charge in [0.2, 0.25) is 5.91 Å². The number of amides is 1. The number of hydrogen-bond donors (Lipinski definition) is 1. The minimum Gasteiger partial charge on any atom is -0.334 e. The van der Waals surface area contributed by atoms with Gasteiger partial charge in [-0.25, -0.2) is 0 Å². The largest absolute Gasteiger partial charge is 0.334 e. The van der Waals surface area contributed by atoms with Crippen molar-refractivity contribution in [2.45, 2.75) is 56.9 Å². The fourth-order valence-electron chi connectivity index (χ4n) is 4.20. The van der Waals surface area contributed by atoms with Gasteiger partial charge in [0.15, 0.2) is 0 Å². The van der Waals surface area contributed by atoms with Crippen LogP contribution in [0.3, 0.4) is 0 Å². The van der Waals surface area contributed by atoms with Crippen molar-refractivity contribution in [1.82, 2.24) is 10.2 Å². The van der Waals surface area contributed by atoms with Crippen molar-refractivity contribution in [2.75, 3.05) is 31.1 Å². The highest BCUT2D eigenvalue weighted by molar-refractivity contribution is 7.99. The van der Waals surface area contributed by atoms with Gasteiger partial charge in [-0.15, -0.1) is 0 Å². The maximum absolute atomic E-state index is 12.8. The smallest absolute Gasteiger partial charge is 0.223 e. The molecule has 3 fully saturated rings. The summed E-state index contributed by atoms with van der Waals surface area (Å²) in [6.07, 6.45) is 9.67. The Kier molecular flexibility index (Phi) is 4.92. The molecular weight excluding hydrogens is 268 g/mol. The molecule has 1 aliphatic carbocycles. The fourth-order valence-corrected chi connectivity index (χ4v) is 5.40. The molecule has 0 atom stereocenters. The summed E-state index contributed by atoms with van der Waals surface area (Å²) in [4.78, 5) is 15.1. The molecule has 0 bridgehead atoms. The Hall–Kier alpha value is -0.220. The molecule has 3 rings (SSSR count). The average Bonchev–Trinajstić information content (AvgIpc) is 2.49. The van der Waals surface area contributed by atoms with E-state index in [-0.39, 0.29) is 5.54 Å². The number of hydrogen-bond acceptors (Lipinski definition) is 3. The molecule has 2 aliphatic heterocycles. The minimum absolute atomic E-state index is 0.164. The van der Waals surface area contributed by atoms with Crippen molar-refractivity contribution in [3.05, 3.63) is 0 Å². The Bertz CT molecular complexity index is 327. The van der Waals surface area contributed by atoms with Crippen LogP contribution in [-0.4, -0.2) is 47.5 Å². The van der Waals surface area contributed by atoms with Gasteiger partial charge in [0.05, 0.1) is 5.54 Å². The highest BCUT2D eigenvalue weighted by Gasteiger charge is 2.42. The molecule has 0 radical (unpaired) electrons. The predicted molar refractivity (Wildman–Crippen MR) is 85.1 cm³/mol. The summed E-state index contributed by atoms with van der Waals surface area (Å²) >= 11 is 2.05. The molecule has 2 heterocycles. The number of piperazine rings is 1. The second kappa shape index (κ2) is 6.69. The third-order valence-electron chi connectivity index (χ3n) is 5.43. The first-order valence-corrected chi connectivity index (χ1v) is 9.55. The molecule has 1 spiro atoms. The highest BCUT2D eigenvalue weighted by atomic mass is 32.2. The van der Waals surface area contributed by atoms with Gasteiger partial charge in [0.25, 0.3) is 0 Å². The maximum atomic E-state index is 12.8. The van der Waals surface area contributed by atoms with Crippen LogP contribution in [0.5, 0.6) is 0 Å². The van der Waals surface area contributed by atoms with E-state index in [0.29, 0.717) is 11.8 Å². The van der Waals surface area contributed by atoms with Gasteiger partial charge in [-0.3, -0.25) is 4.79 Å². The van der Waals surface area contributed by atoms with Crippen LogP contribution in [0.2, 0.25) is 0 Å². The second-order valence-corrected chi connectivity index (χ2v) is 7.99. The van der Waals surface area contributed by atoms with Gasteiger partial charge in [-0.2, -0.15) is 11.8 Å². The van der Waals surface area contributed by atoms with E-state index < -0.39 is 0 Å². The van der Waals surface area contributed by atoms with Crippen LogP contribution in [0.25, 0.3) is 0 Å². The third kappa shape index (κ3) is 3.16. The van der Waals surface area contributed by atoms with Crippen molar-refractivity contribution >= 4 is 17.7 Å². The number of nitrogens with one attached hydrogen (secondary N) is 1. The number of thioether (sulfide) groups is 1. The lowest BCUT2D eigenvalue weighted by Crippen LogP contribution is -2.63. The van der Waals surface area contributed by atoms with Gasteiger partial charge in [-0.05, 0) is 43.1 Å². The minimum atomic E-state index is 0.164. The van der Waals surface area contributed by atoms with Gasteiger partial charge in [0.1, 0.15) is 0 Å². The monoisotopic (exact) mass is 296 g/mol. The van der Waals surface area contributed by atoms with Crippen LogP contribution < -0.4 is 5.32 Å². The van der Waals surface area contributed by atoms with E-state index in [1.54, 1.807) is 0 Å². The molecule has 0 aromatic rings. The molecule has 3 aliphatic rings. The van der Waals surface area contributed by atoms with Crippen LogP contribution in [0.15, 0.2) is 0 Å². The van der Waals surface area contributed by atoms with Crippen molar-refractivity contribution in [1.29, 1.82) is 0 Å². The first-order valence-electron chi connectivity index (χ1n) is 8.39. The van der Waals surface area contributed by atoms with E-state index in [2.05, 4.69) is 10.2 Å². The number of rotatable bonds is 2. The zero-order valence-electron chi connectivity index (χ0n) is 12.5. The average molecular weight is 296 g/mol. The topological polar surface area (TPSA) is 32.3 Å². The summed E-state index contributed by atoms with van der Waals surface area (Å²) < 4.78 is 0. The quantitative estimate of drug-likeness (QED) is 0.850. The number of carbonyl (C=O) groups excluding carboxylic acids is 1. The van der Waals surface area contributed by atoms with Crippen molar-refractivity contribution in [2.24, 2.45) is 5.92 Å². The molecule has 0 aromatic heterocycles. The van der Waals surface area contributed by atoms with Gasteiger partial charge >= 0.3 is 0 Å². The van der Waals surface area contributed by atoms with E-state index in [4.69, 9.17) is 0 Å². The van der Waals surface area contributed by atoms with E-state index in [1.807, 2.05) is 11.8 Å². The Balaban J connectivity index is 1.64. The summed E-state index contributed by atoms with van der Waals surface area (Å²) in [6, 6.07) is 0. The molecule has 4 heteroatoms. The number of carbonyl (C=O) groups is 1. The van der Waals surface area contributed by atoms with Crippen LogP contribution in [0, 0.1) is 5.92 Å². The molecule has 0 aromatic carbocycles. The Morgan fingerprint density at radius 1 is 1.20 bits per heavy atom. The standard InChI is InChI=1S/C16H28N2OS/c19-15(12-14-4-10-20-11-5-14)18-9-8-17-13-16(18)6-2-1-3-7-16/h14,17H,1-13H2. The first kappa shape index (κ1) is 14.7. The van der Waals surface area contributed by atoms with E-state index in [0.717, 1.165) is 26.1 Å². The Labute approximate surface area is 127 Å². The molecular formula is C16H28N2OS. The molecule has 3 nitrogen and oxygen atoms in total. The lowest BCUT2D eigenvalue weighted by Gasteiger charge is -2.50. The molecule has 1 amide bonds. The van der Waals surface area contributed by atoms with Crippen LogP contribution >= 0.6 is 11.8 Å². The summed E-state index contributed by atoms with van der Waals surface area (Å²) in [5, 5.41) is 3.54. The van der Waals surface area contributed by atoms with E-state index in [9.17, 15) is 4.79 Å². The third-order valence-corrected chi connectivity index (χ3v) is 6.48. The molecule has 1 N–H and O–H groups in total. The molecule has 2 saturated heterocycles. The van der Waals surface area contributed by atoms with Crippen molar-refractivity contribution in [3.8, 4) is 0 Å². The van der Waals surface area contributed by atoms with Crippen molar-refractivity contribution < 1.29 is 4.79 Å². The summed E-state index contributed by atoms with van der Waals surface area (Å²) in [5.41, 5.74) is 0.164. The SMILES string of the molecule is O=C(CC1CCSCC1)N1CCNCC12CCCCC2. The molecule has 114 valence electrons. The summed E-state index contributed by atoms with van der Waals surface area (Å²) in [6.45, 7) is 2.94. The fraction of sp³-hybridized carbons (Fsp3) is 0.938. The maximum Gasteiger partial charge on any atom is 0.223 e. The van der Waals surface area contributed by atoms with E-state index >= 15 is 0 Å². The van der Waals surface area contributed by atoms with Crippen LogP contribution in [-0.2, 0) is 4.79 Å². The lowest BCUT2D eigenvalue weighted by atomic mass is 9.78. The normalized spacial score (nSPS) is 27.7. The Morgan fingerprint density at radius 2 is 1.95 bits per heavy atom. The van der Waals surface area contributed by atoms with E-state index in [1.165, 1.54) is 56.5 Å². The molecule has 20 heavy (non-hydrogen) atoms. The van der Waals surface area contributed by atoms with Gasteiger partial charge in [-0.1, -0.05) is 19.3 Å². The summed E-state index contributed by atoms with van der Waals surface area (Å²) in [7, 11) is 0. The van der Waals surface area contributed by atoms with Gasteiger partial charge < -0.3 is 10.2 Å². The highest BCUT2D eigenvalue weighted by Crippen LogP contribution is 2.36. The van der Waals surface area contributed by atoms with Crippen molar-refractivity contribution in [3.63, 3.8) is 0 Å². The molecule has 1 saturated carbocycles. The lowest BCUT2D eigenvalue weighted by molar-refractivity contribution is -0.142.